The Morgan fingerprint density at radius 1 is 1.35 bits per heavy atom. The van der Waals surface area contributed by atoms with Crippen LogP contribution in [0.1, 0.15) is 38.3 Å². The minimum atomic E-state index is 0.596. The fourth-order valence-corrected chi connectivity index (χ4v) is 3.22. The van der Waals surface area contributed by atoms with Crippen LogP contribution in [-0.4, -0.2) is 24.6 Å². The average molecular weight is 272 g/mol. The summed E-state index contributed by atoms with van der Waals surface area (Å²) in [7, 11) is 1.60. The molecule has 1 aliphatic heterocycles. The van der Waals surface area contributed by atoms with Gasteiger partial charge < -0.3 is 4.74 Å². The van der Waals surface area contributed by atoms with Gasteiger partial charge in [0.1, 0.15) is 11.8 Å². The first-order valence-corrected chi connectivity index (χ1v) is 7.36. The number of piperidine rings is 1. The lowest BCUT2D eigenvalue weighted by Gasteiger charge is -2.41. The van der Waals surface area contributed by atoms with E-state index >= 15 is 0 Å². The fourth-order valence-electron chi connectivity index (χ4n) is 3.22. The lowest BCUT2D eigenvalue weighted by molar-refractivity contribution is 0.0729. The Balaban J connectivity index is 2.15. The molecule has 20 heavy (non-hydrogen) atoms. The van der Waals surface area contributed by atoms with E-state index in [4.69, 9.17) is 4.74 Å². The Labute approximate surface area is 122 Å². The van der Waals surface area contributed by atoms with Gasteiger partial charge in [0.25, 0.3) is 0 Å². The number of hydrogen-bond acceptors (Lipinski definition) is 3. The summed E-state index contributed by atoms with van der Waals surface area (Å²) in [6.07, 6.45) is 1.31. The standard InChI is InChI=1S/C17H24N2O/c1-12-7-13(2)14(3)19(10-12)11-15-5-6-17(20-4)16(8-15)9-18/h5-6,8,12-14H,7,10-11H2,1-4H3. The maximum Gasteiger partial charge on any atom is 0.136 e. The van der Waals surface area contributed by atoms with Crippen LogP contribution < -0.4 is 4.74 Å². The van der Waals surface area contributed by atoms with Crippen LogP contribution in [0.25, 0.3) is 0 Å². The Morgan fingerprint density at radius 3 is 2.75 bits per heavy atom. The van der Waals surface area contributed by atoms with Crippen LogP contribution in [0.3, 0.4) is 0 Å². The molecule has 1 fully saturated rings. The minimum absolute atomic E-state index is 0.596. The molecule has 3 unspecified atom stereocenters. The molecule has 0 amide bonds. The maximum absolute atomic E-state index is 9.17. The quantitative estimate of drug-likeness (QED) is 0.845. The molecule has 3 heteroatoms. The monoisotopic (exact) mass is 272 g/mol. The van der Waals surface area contributed by atoms with Crippen molar-refractivity contribution in [1.82, 2.24) is 4.90 Å². The molecule has 2 rings (SSSR count). The average Bonchev–Trinajstić information content (AvgIpc) is 2.44. The number of rotatable bonds is 3. The van der Waals surface area contributed by atoms with E-state index in [0.29, 0.717) is 17.4 Å². The molecule has 0 aliphatic carbocycles. The van der Waals surface area contributed by atoms with Crippen molar-refractivity contribution in [2.75, 3.05) is 13.7 Å². The third kappa shape index (κ3) is 3.13. The highest BCUT2D eigenvalue weighted by Crippen LogP contribution is 2.29. The highest BCUT2D eigenvalue weighted by Gasteiger charge is 2.28. The van der Waals surface area contributed by atoms with Crippen molar-refractivity contribution in [1.29, 1.82) is 5.26 Å². The number of benzene rings is 1. The van der Waals surface area contributed by atoms with Gasteiger partial charge in [-0.15, -0.1) is 0 Å². The third-order valence-electron chi connectivity index (χ3n) is 4.49. The molecule has 0 spiro atoms. The second-order valence-corrected chi connectivity index (χ2v) is 6.13. The van der Waals surface area contributed by atoms with Crippen molar-refractivity contribution in [2.45, 2.75) is 39.8 Å². The normalized spacial score (nSPS) is 27.1. The Morgan fingerprint density at radius 2 is 2.10 bits per heavy atom. The molecule has 1 aromatic carbocycles. The maximum atomic E-state index is 9.17. The van der Waals surface area contributed by atoms with E-state index in [1.807, 2.05) is 12.1 Å². The highest BCUT2D eigenvalue weighted by molar-refractivity contribution is 5.45. The van der Waals surface area contributed by atoms with Crippen LogP contribution in [0, 0.1) is 23.2 Å². The number of hydrogen-bond donors (Lipinski definition) is 0. The van der Waals surface area contributed by atoms with Crippen molar-refractivity contribution >= 4 is 0 Å². The molecule has 0 saturated carbocycles. The van der Waals surface area contributed by atoms with Gasteiger partial charge in [-0.25, -0.2) is 0 Å². The first-order chi connectivity index (χ1) is 9.55. The number of nitriles is 1. The van der Waals surface area contributed by atoms with Gasteiger partial charge in [0.2, 0.25) is 0 Å². The van der Waals surface area contributed by atoms with Gasteiger partial charge in [0, 0.05) is 19.1 Å². The van der Waals surface area contributed by atoms with E-state index in [1.54, 1.807) is 7.11 Å². The van der Waals surface area contributed by atoms with Crippen molar-refractivity contribution < 1.29 is 4.74 Å². The number of ether oxygens (including phenoxy) is 1. The zero-order valence-corrected chi connectivity index (χ0v) is 12.9. The first-order valence-electron chi connectivity index (χ1n) is 7.36. The molecule has 0 bridgehead atoms. The summed E-state index contributed by atoms with van der Waals surface area (Å²) in [4.78, 5) is 2.53. The zero-order chi connectivity index (χ0) is 14.7. The number of methoxy groups -OCH3 is 1. The molecular formula is C17H24N2O. The van der Waals surface area contributed by atoms with Gasteiger partial charge >= 0.3 is 0 Å². The number of nitrogens with zero attached hydrogens (tertiary/aromatic N) is 2. The molecule has 1 saturated heterocycles. The topological polar surface area (TPSA) is 36.3 Å². The van der Waals surface area contributed by atoms with Crippen molar-refractivity contribution in [3.05, 3.63) is 29.3 Å². The fraction of sp³-hybridized carbons (Fsp3) is 0.588. The first kappa shape index (κ1) is 14.9. The third-order valence-corrected chi connectivity index (χ3v) is 4.49. The molecule has 1 heterocycles. The Hall–Kier alpha value is -1.53. The molecule has 1 aromatic rings. The summed E-state index contributed by atoms with van der Waals surface area (Å²) in [6, 6.07) is 8.72. The summed E-state index contributed by atoms with van der Waals surface area (Å²) in [5, 5.41) is 9.17. The molecule has 1 aliphatic rings. The van der Waals surface area contributed by atoms with Crippen LogP contribution in [0.5, 0.6) is 5.75 Å². The van der Waals surface area contributed by atoms with Gasteiger partial charge in [-0.3, -0.25) is 4.90 Å². The van der Waals surface area contributed by atoms with Crippen LogP contribution in [-0.2, 0) is 6.54 Å². The minimum Gasteiger partial charge on any atom is -0.495 e. The second kappa shape index (κ2) is 6.28. The second-order valence-electron chi connectivity index (χ2n) is 6.13. The summed E-state index contributed by atoms with van der Waals surface area (Å²) in [5.41, 5.74) is 1.81. The van der Waals surface area contributed by atoms with E-state index in [-0.39, 0.29) is 0 Å². The van der Waals surface area contributed by atoms with Crippen molar-refractivity contribution in [3.8, 4) is 11.8 Å². The van der Waals surface area contributed by atoms with Crippen LogP contribution in [0.2, 0.25) is 0 Å². The van der Waals surface area contributed by atoms with E-state index in [2.05, 4.69) is 37.8 Å². The largest absolute Gasteiger partial charge is 0.495 e. The van der Waals surface area contributed by atoms with E-state index < -0.39 is 0 Å². The predicted octanol–water partition coefficient (Wildman–Crippen LogP) is 3.43. The Bertz CT molecular complexity index is 506. The lowest BCUT2D eigenvalue weighted by Crippen LogP contribution is -2.45. The SMILES string of the molecule is COc1ccc(CN2CC(C)CC(C)C2C)cc1C#N. The molecule has 0 radical (unpaired) electrons. The molecule has 0 N–H and O–H groups in total. The summed E-state index contributed by atoms with van der Waals surface area (Å²) in [6.45, 7) is 9.02. The van der Waals surface area contributed by atoms with Gasteiger partial charge in [-0.1, -0.05) is 19.9 Å². The van der Waals surface area contributed by atoms with Crippen molar-refractivity contribution in [3.63, 3.8) is 0 Å². The van der Waals surface area contributed by atoms with Crippen molar-refractivity contribution in [2.24, 2.45) is 11.8 Å². The van der Waals surface area contributed by atoms with E-state index in [9.17, 15) is 5.26 Å². The molecule has 0 aromatic heterocycles. The lowest BCUT2D eigenvalue weighted by atomic mass is 9.85. The predicted molar refractivity (Wildman–Crippen MR) is 80.5 cm³/mol. The molecule has 3 nitrogen and oxygen atoms in total. The molecule has 108 valence electrons. The van der Waals surface area contributed by atoms with Gasteiger partial charge in [0.05, 0.1) is 12.7 Å². The zero-order valence-electron chi connectivity index (χ0n) is 12.9. The van der Waals surface area contributed by atoms with Gasteiger partial charge in [-0.05, 0) is 42.9 Å². The Kier molecular flexibility index (Phi) is 4.67. The van der Waals surface area contributed by atoms with Crippen LogP contribution in [0.4, 0.5) is 0 Å². The smallest absolute Gasteiger partial charge is 0.136 e. The summed E-state index contributed by atoms with van der Waals surface area (Å²) < 4.78 is 5.20. The molecule has 3 atom stereocenters. The van der Waals surface area contributed by atoms with Crippen LogP contribution >= 0.6 is 0 Å². The van der Waals surface area contributed by atoms with Crippen LogP contribution in [0.15, 0.2) is 18.2 Å². The summed E-state index contributed by atoms with van der Waals surface area (Å²) in [5.74, 6) is 2.13. The number of likely N-dealkylation sites (tertiary alicyclic amines) is 1. The van der Waals surface area contributed by atoms with E-state index in [0.717, 1.165) is 24.9 Å². The summed E-state index contributed by atoms with van der Waals surface area (Å²) >= 11 is 0. The van der Waals surface area contributed by atoms with Gasteiger partial charge in [0.15, 0.2) is 0 Å². The highest BCUT2D eigenvalue weighted by atomic mass is 16.5. The van der Waals surface area contributed by atoms with E-state index in [1.165, 1.54) is 12.0 Å². The molecular weight excluding hydrogens is 248 g/mol. The van der Waals surface area contributed by atoms with Gasteiger partial charge in [-0.2, -0.15) is 5.26 Å².